The Kier molecular flexibility index (Phi) is 3.83. The van der Waals surface area contributed by atoms with Crippen LogP contribution in [0.3, 0.4) is 0 Å². The molecule has 1 aromatic rings. The quantitative estimate of drug-likeness (QED) is 0.786. The van der Waals surface area contributed by atoms with Crippen molar-refractivity contribution in [2.75, 3.05) is 13.7 Å². The van der Waals surface area contributed by atoms with Crippen molar-refractivity contribution in [1.29, 1.82) is 0 Å². The van der Waals surface area contributed by atoms with Crippen LogP contribution in [-0.2, 0) is 16.0 Å². The maximum Gasteiger partial charge on any atom is 0.309 e. The van der Waals surface area contributed by atoms with Gasteiger partial charge >= 0.3 is 5.97 Å². The molecular weight excluding hydrogens is 251 g/mol. The monoisotopic (exact) mass is 266 g/mol. The molecule has 0 amide bonds. The fourth-order valence-corrected chi connectivity index (χ4v) is 2.28. The second kappa shape index (κ2) is 5.38. The average Bonchev–Trinajstić information content (AvgIpc) is 2.38. The van der Waals surface area contributed by atoms with Crippen molar-refractivity contribution in [3.63, 3.8) is 0 Å². The lowest BCUT2D eigenvalue weighted by molar-refractivity contribution is -0.148. The van der Waals surface area contributed by atoms with E-state index in [1.165, 1.54) is 19.2 Å². The molecule has 0 aromatic heterocycles. The van der Waals surface area contributed by atoms with Crippen molar-refractivity contribution in [3.05, 3.63) is 29.1 Å². The number of rotatable bonds is 3. The van der Waals surface area contributed by atoms with E-state index < -0.39 is 17.7 Å². The second-order valence-corrected chi connectivity index (χ2v) is 4.42. The number of hydrogen-bond acceptors (Lipinski definition) is 4. The van der Waals surface area contributed by atoms with Crippen LogP contribution in [0.25, 0.3) is 0 Å². The molecular formula is C14H15FO4. The molecule has 1 aromatic carbocycles. The number of hydrogen-bond donors (Lipinski definition) is 0. The average molecular weight is 266 g/mol. The van der Waals surface area contributed by atoms with Gasteiger partial charge in [0.15, 0.2) is 17.3 Å². The highest BCUT2D eigenvalue weighted by Gasteiger charge is 2.31. The molecule has 4 nitrogen and oxygen atoms in total. The summed E-state index contributed by atoms with van der Waals surface area (Å²) < 4.78 is 23.4. The summed E-state index contributed by atoms with van der Waals surface area (Å²) in [6.45, 7) is 1.98. The zero-order valence-corrected chi connectivity index (χ0v) is 10.9. The number of methoxy groups -OCH3 is 1. The lowest BCUT2D eigenvalue weighted by Crippen LogP contribution is -2.28. The Hall–Kier alpha value is -1.91. The number of carbonyl (C=O) groups excluding carboxylic acids is 2. The molecule has 0 fully saturated rings. The summed E-state index contributed by atoms with van der Waals surface area (Å²) in [6, 6.07) is 2.66. The van der Waals surface area contributed by atoms with Crippen molar-refractivity contribution in [2.45, 2.75) is 19.8 Å². The number of ether oxygens (including phenoxy) is 2. The predicted molar refractivity (Wildman–Crippen MR) is 65.7 cm³/mol. The van der Waals surface area contributed by atoms with E-state index >= 15 is 0 Å². The first-order valence-corrected chi connectivity index (χ1v) is 6.13. The molecule has 0 N–H and O–H groups in total. The third kappa shape index (κ3) is 2.59. The fourth-order valence-electron chi connectivity index (χ4n) is 2.28. The largest absolute Gasteiger partial charge is 0.494 e. The van der Waals surface area contributed by atoms with Crippen molar-refractivity contribution in [3.8, 4) is 5.75 Å². The third-order valence-corrected chi connectivity index (χ3v) is 3.20. The van der Waals surface area contributed by atoms with Crippen molar-refractivity contribution < 1.29 is 23.5 Å². The molecule has 1 atom stereocenters. The summed E-state index contributed by atoms with van der Waals surface area (Å²) in [4.78, 5) is 23.7. The lowest BCUT2D eigenvalue weighted by atomic mass is 9.83. The zero-order chi connectivity index (χ0) is 14.0. The van der Waals surface area contributed by atoms with Gasteiger partial charge in [-0.2, -0.15) is 0 Å². The first kappa shape index (κ1) is 13.5. The molecule has 19 heavy (non-hydrogen) atoms. The second-order valence-electron chi connectivity index (χ2n) is 4.42. The van der Waals surface area contributed by atoms with Gasteiger partial charge in [-0.1, -0.05) is 0 Å². The molecule has 0 spiro atoms. The minimum absolute atomic E-state index is 0.0432. The van der Waals surface area contributed by atoms with Gasteiger partial charge in [-0.3, -0.25) is 9.59 Å². The Morgan fingerprint density at radius 2 is 2.16 bits per heavy atom. The van der Waals surface area contributed by atoms with Crippen LogP contribution in [-0.4, -0.2) is 25.5 Å². The minimum Gasteiger partial charge on any atom is -0.494 e. The Balaban J connectivity index is 2.32. The third-order valence-electron chi connectivity index (χ3n) is 3.20. The number of halogens is 1. The van der Waals surface area contributed by atoms with E-state index in [-0.39, 0.29) is 24.6 Å². The molecule has 0 aliphatic heterocycles. The molecule has 0 saturated heterocycles. The summed E-state index contributed by atoms with van der Waals surface area (Å²) in [5.41, 5.74) is 0.964. The first-order valence-electron chi connectivity index (χ1n) is 6.13. The molecule has 5 heteroatoms. The van der Waals surface area contributed by atoms with Crippen LogP contribution in [0.15, 0.2) is 12.1 Å². The van der Waals surface area contributed by atoms with Gasteiger partial charge in [0, 0.05) is 12.0 Å². The number of ketones is 1. The Bertz CT molecular complexity index is 524. The van der Waals surface area contributed by atoms with Crippen molar-refractivity contribution >= 4 is 11.8 Å². The van der Waals surface area contributed by atoms with E-state index in [1.807, 2.05) is 0 Å². The number of Topliss-reactive ketones (excluding diaryl/α,β-unsaturated/α-hetero) is 1. The number of carbonyl (C=O) groups is 2. The van der Waals surface area contributed by atoms with Gasteiger partial charge in [-0.15, -0.1) is 0 Å². The summed E-state index contributed by atoms with van der Waals surface area (Å²) in [5.74, 6) is -1.59. The van der Waals surface area contributed by atoms with Crippen molar-refractivity contribution in [1.82, 2.24) is 0 Å². The summed E-state index contributed by atoms with van der Waals surface area (Å²) in [6.07, 6.45) is 0.418. The highest BCUT2D eigenvalue weighted by atomic mass is 19.1. The first-order chi connectivity index (χ1) is 9.06. The molecule has 1 unspecified atom stereocenters. The molecule has 0 radical (unpaired) electrons. The van der Waals surface area contributed by atoms with E-state index in [4.69, 9.17) is 9.47 Å². The zero-order valence-electron chi connectivity index (χ0n) is 10.9. The molecule has 0 heterocycles. The van der Waals surface area contributed by atoms with E-state index in [9.17, 15) is 14.0 Å². The van der Waals surface area contributed by atoms with E-state index in [2.05, 4.69) is 0 Å². The Morgan fingerprint density at radius 1 is 1.42 bits per heavy atom. The van der Waals surface area contributed by atoms with Crippen LogP contribution < -0.4 is 4.74 Å². The lowest BCUT2D eigenvalue weighted by Gasteiger charge is -2.22. The molecule has 1 aliphatic carbocycles. The van der Waals surface area contributed by atoms with E-state index in [0.29, 0.717) is 17.5 Å². The Labute approximate surface area is 110 Å². The van der Waals surface area contributed by atoms with Gasteiger partial charge in [-0.05, 0) is 31.0 Å². The summed E-state index contributed by atoms with van der Waals surface area (Å²) in [5, 5.41) is 0. The maximum atomic E-state index is 13.6. The molecule has 0 bridgehead atoms. The number of benzene rings is 1. The van der Waals surface area contributed by atoms with Gasteiger partial charge in [0.05, 0.1) is 19.6 Å². The summed E-state index contributed by atoms with van der Waals surface area (Å²) in [7, 11) is 1.35. The van der Waals surface area contributed by atoms with E-state index in [0.717, 1.165) is 0 Å². The topological polar surface area (TPSA) is 52.6 Å². The standard InChI is InChI=1S/C14H15FO4/c1-3-19-14(17)9-4-8-5-11(15)13(18-2)7-10(8)12(16)6-9/h5,7,9H,3-4,6H2,1-2H3. The van der Waals surface area contributed by atoms with Crippen LogP contribution in [0, 0.1) is 11.7 Å². The van der Waals surface area contributed by atoms with Crippen molar-refractivity contribution in [2.24, 2.45) is 5.92 Å². The highest BCUT2D eigenvalue weighted by molar-refractivity contribution is 6.01. The van der Waals surface area contributed by atoms with Gasteiger partial charge in [-0.25, -0.2) is 4.39 Å². The molecule has 0 saturated carbocycles. The van der Waals surface area contributed by atoms with E-state index in [1.54, 1.807) is 6.92 Å². The van der Waals surface area contributed by atoms with Gasteiger partial charge in [0.1, 0.15) is 0 Å². The molecule has 102 valence electrons. The fraction of sp³-hybridized carbons (Fsp3) is 0.429. The minimum atomic E-state index is -0.529. The molecule has 2 rings (SSSR count). The highest BCUT2D eigenvalue weighted by Crippen LogP contribution is 2.31. The summed E-state index contributed by atoms with van der Waals surface area (Å²) >= 11 is 0. The SMILES string of the molecule is CCOC(=O)C1CC(=O)c2cc(OC)c(F)cc2C1. The van der Waals surface area contributed by atoms with Crippen LogP contribution in [0.4, 0.5) is 4.39 Å². The predicted octanol–water partition coefficient (Wildman–Crippen LogP) is 2.14. The maximum absolute atomic E-state index is 13.6. The van der Waals surface area contributed by atoms with Crippen LogP contribution in [0.1, 0.15) is 29.3 Å². The van der Waals surface area contributed by atoms with Crippen LogP contribution in [0.2, 0.25) is 0 Å². The van der Waals surface area contributed by atoms with Gasteiger partial charge in [0.2, 0.25) is 0 Å². The van der Waals surface area contributed by atoms with Crippen LogP contribution >= 0.6 is 0 Å². The number of fused-ring (bicyclic) bond motifs is 1. The van der Waals surface area contributed by atoms with Gasteiger partial charge in [0.25, 0.3) is 0 Å². The normalized spacial score (nSPS) is 17.8. The number of esters is 1. The van der Waals surface area contributed by atoms with Gasteiger partial charge < -0.3 is 9.47 Å². The van der Waals surface area contributed by atoms with Crippen LogP contribution in [0.5, 0.6) is 5.75 Å². The molecule has 1 aliphatic rings. The smallest absolute Gasteiger partial charge is 0.309 e. The Morgan fingerprint density at radius 3 is 2.79 bits per heavy atom.